The molecule has 0 aliphatic rings. The first-order valence-electron chi connectivity index (χ1n) is 10.3. The fraction of sp³-hybridized carbons (Fsp3) is 0.115. The third-order valence-corrected chi connectivity index (χ3v) is 4.67. The van der Waals surface area contributed by atoms with Crippen LogP contribution in [0.5, 0.6) is 17.2 Å². The number of ether oxygens (including phenoxy) is 3. The lowest BCUT2D eigenvalue weighted by Crippen LogP contribution is -2.20. The number of hydrogen-bond donors (Lipinski definition) is 2. The van der Waals surface area contributed by atoms with Crippen LogP contribution in [0.2, 0.25) is 0 Å². The zero-order chi connectivity index (χ0) is 24.3. The summed E-state index contributed by atoms with van der Waals surface area (Å²) in [7, 11) is 3.06. The summed E-state index contributed by atoms with van der Waals surface area (Å²) in [5, 5.41) is 14.9. The van der Waals surface area contributed by atoms with Crippen LogP contribution in [0.3, 0.4) is 0 Å². The molecule has 0 aliphatic carbocycles. The number of nitriles is 1. The predicted molar refractivity (Wildman–Crippen MR) is 129 cm³/mol. The van der Waals surface area contributed by atoms with Crippen molar-refractivity contribution < 1.29 is 23.8 Å². The molecule has 0 bridgehead atoms. The van der Waals surface area contributed by atoms with Crippen LogP contribution in [-0.4, -0.2) is 32.6 Å². The topological polar surface area (TPSA) is 110 Å². The SMILES string of the molecule is COc1ccc(NC(=O)C(C#N)=Cc2ccccc2OCC(=O)Nc2ccccc2OC)cc1. The number of methoxy groups -OCH3 is 2. The first-order valence-corrected chi connectivity index (χ1v) is 10.3. The lowest BCUT2D eigenvalue weighted by Gasteiger charge is -2.12. The fourth-order valence-corrected chi connectivity index (χ4v) is 2.99. The van der Waals surface area contributed by atoms with Gasteiger partial charge in [0, 0.05) is 11.3 Å². The Balaban J connectivity index is 1.69. The Bertz CT molecular complexity index is 1230. The molecule has 0 fully saturated rings. The van der Waals surface area contributed by atoms with Gasteiger partial charge < -0.3 is 24.8 Å². The lowest BCUT2D eigenvalue weighted by atomic mass is 10.1. The van der Waals surface area contributed by atoms with Gasteiger partial charge in [0.05, 0.1) is 19.9 Å². The molecule has 0 aromatic heterocycles. The molecule has 8 heteroatoms. The Labute approximate surface area is 197 Å². The molecule has 0 saturated carbocycles. The van der Waals surface area contributed by atoms with Crippen molar-refractivity contribution in [1.82, 2.24) is 0 Å². The molecule has 0 unspecified atom stereocenters. The smallest absolute Gasteiger partial charge is 0.266 e. The second-order valence-corrected chi connectivity index (χ2v) is 6.93. The van der Waals surface area contributed by atoms with E-state index in [1.165, 1.54) is 13.2 Å². The second-order valence-electron chi connectivity index (χ2n) is 6.93. The molecule has 0 saturated heterocycles. The van der Waals surface area contributed by atoms with E-state index in [4.69, 9.17) is 14.2 Å². The van der Waals surface area contributed by atoms with Crippen LogP contribution in [0.4, 0.5) is 11.4 Å². The van der Waals surface area contributed by atoms with Crippen molar-refractivity contribution >= 4 is 29.3 Å². The highest BCUT2D eigenvalue weighted by molar-refractivity contribution is 6.09. The number of para-hydroxylation sites is 3. The van der Waals surface area contributed by atoms with E-state index in [2.05, 4.69) is 10.6 Å². The van der Waals surface area contributed by atoms with Crippen LogP contribution in [0, 0.1) is 11.3 Å². The average molecular weight is 457 g/mol. The summed E-state index contributed by atoms with van der Waals surface area (Å²) in [6, 6.07) is 22.5. The molecule has 2 N–H and O–H groups in total. The number of nitrogens with one attached hydrogen (secondary N) is 2. The van der Waals surface area contributed by atoms with Gasteiger partial charge in [0.25, 0.3) is 11.8 Å². The molecule has 3 aromatic carbocycles. The van der Waals surface area contributed by atoms with E-state index in [1.54, 1.807) is 79.9 Å². The Morgan fingerprint density at radius 1 is 0.882 bits per heavy atom. The predicted octanol–water partition coefficient (Wildman–Crippen LogP) is 4.27. The molecular formula is C26H23N3O5. The van der Waals surface area contributed by atoms with Gasteiger partial charge >= 0.3 is 0 Å². The maximum Gasteiger partial charge on any atom is 0.266 e. The Hall–Kier alpha value is -4.77. The van der Waals surface area contributed by atoms with Gasteiger partial charge in [-0.25, -0.2) is 0 Å². The van der Waals surface area contributed by atoms with Gasteiger partial charge in [-0.1, -0.05) is 30.3 Å². The normalized spacial score (nSPS) is 10.6. The highest BCUT2D eigenvalue weighted by Gasteiger charge is 2.13. The van der Waals surface area contributed by atoms with Crippen molar-refractivity contribution in [2.24, 2.45) is 0 Å². The van der Waals surface area contributed by atoms with Crippen molar-refractivity contribution in [3.05, 3.63) is 83.9 Å². The second kappa shape index (κ2) is 11.7. The lowest BCUT2D eigenvalue weighted by molar-refractivity contribution is -0.118. The molecule has 3 aromatic rings. The third kappa shape index (κ3) is 6.37. The van der Waals surface area contributed by atoms with Crippen LogP contribution in [0.15, 0.2) is 78.4 Å². The number of carbonyl (C=O) groups excluding carboxylic acids is 2. The maximum atomic E-state index is 12.6. The van der Waals surface area contributed by atoms with Crippen LogP contribution in [0.1, 0.15) is 5.56 Å². The Morgan fingerprint density at radius 2 is 1.56 bits per heavy atom. The number of hydrogen-bond acceptors (Lipinski definition) is 6. The van der Waals surface area contributed by atoms with Crippen LogP contribution in [-0.2, 0) is 9.59 Å². The zero-order valence-corrected chi connectivity index (χ0v) is 18.7. The van der Waals surface area contributed by atoms with E-state index in [0.717, 1.165) is 0 Å². The summed E-state index contributed by atoms with van der Waals surface area (Å²) in [6.45, 7) is -0.275. The quantitative estimate of drug-likeness (QED) is 0.367. The number of carbonyl (C=O) groups is 2. The molecule has 172 valence electrons. The minimum absolute atomic E-state index is 0.120. The minimum Gasteiger partial charge on any atom is -0.497 e. The Kier molecular flexibility index (Phi) is 8.25. The first kappa shape index (κ1) is 23.9. The number of benzene rings is 3. The molecule has 0 atom stereocenters. The summed E-state index contributed by atoms with van der Waals surface area (Å²) in [6.07, 6.45) is 1.41. The van der Waals surface area contributed by atoms with Gasteiger partial charge in [0.1, 0.15) is 28.9 Å². The third-order valence-electron chi connectivity index (χ3n) is 4.67. The zero-order valence-electron chi connectivity index (χ0n) is 18.7. The van der Waals surface area contributed by atoms with Crippen molar-refractivity contribution in [2.75, 3.05) is 31.5 Å². The van der Waals surface area contributed by atoms with E-state index in [1.807, 2.05) is 6.07 Å². The van der Waals surface area contributed by atoms with Crippen molar-refractivity contribution in [3.8, 4) is 23.3 Å². The summed E-state index contributed by atoms with van der Waals surface area (Å²) in [5.41, 5.74) is 1.40. The minimum atomic E-state index is -0.573. The van der Waals surface area contributed by atoms with Gasteiger partial charge in [0.15, 0.2) is 6.61 Å². The Morgan fingerprint density at radius 3 is 2.24 bits per heavy atom. The van der Waals surface area contributed by atoms with E-state index in [9.17, 15) is 14.9 Å². The first-order chi connectivity index (χ1) is 16.5. The summed E-state index contributed by atoms with van der Waals surface area (Å²) < 4.78 is 16.0. The van der Waals surface area contributed by atoms with E-state index in [0.29, 0.717) is 34.2 Å². The highest BCUT2D eigenvalue weighted by Crippen LogP contribution is 2.24. The van der Waals surface area contributed by atoms with Crippen LogP contribution in [0.25, 0.3) is 6.08 Å². The average Bonchev–Trinajstić information content (AvgIpc) is 2.87. The molecule has 0 spiro atoms. The van der Waals surface area contributed by atoms with Gasteiger partial charge in [-0.15, -0.1) is 0 Å². The largest absolute Gasteiger partial charge is 0.497 e. The molecule has 34 heavy (non-hydrogen) atoms. The molecule has 3 rings (SSSR count). The molecule has 2 amide bonds. The van der Waals surface area contributed by atoms with Gasteiger partial charge in [-0.05, 0) is 48.5 Å². The summed E-state index contributed by atoms with van der Waals surface area (Å²) in [5.74, 6) is 0.565. The molecule has 0 radical (unpaired) electrons. The number of amides is 2. The van der Waals surface area contributed by atoms with Gasteiger partial charge in [-0.2, -0.15) is 5.26 Å². The van der Waals surface area contributed by atoms with Crippen LogP contribution >= 0.6 is 0 Å². The number of rotatable bonds is 9. The molecule has 0 heterocycles. The monoisotopic (exact) mass is 457 g/mol. The number of anilines is 2. The van der Waals surface area contributed by atoms with E-state index in [-0.39, 0.29) is 18.1 Å². The van der Waals surface area contributed by atoms with Gasteiger partial charge in [0.2, 0.25) is 0 Å². The molecular weight excluding hydrogens is 434 g/mol. The van der Waals surface area contributed by atoms with Gasteiger partial charge in [-0.3, -0.25) is 9.59 Å². The summed E-state index contributed by atoms with van der Waals surface area (Å²) >= 11 is 0. The van der Waals surface area contributed by atoms with Crippen LogP contribution < -0.4 is 24.8 Å². The summed E-state index contributed by atoms with van der Waals surface area (Å²) in [4.78, 5) is 25.0. The van der Waals surface area contributed by atoms with Crippen molar-refractivity contribution in [3.63, 3.8) is 0 Å². The fourth-order valence-electron chi connectivity index (χ4n) is 2.99. The van der Waals surface area contributed by atoms with Crippen molar-refractivity contribution in [1.29, 1.82) is 5.26 Å². The highest BCUT2D eigenvalue weighted by atomic mass is 16.5. The number of nitrogens with zero attached hydrogens (tertiary/aromatic N) is 1. The van der Waals surface area contributed by atoms with E-state index < -0.39 is 5.91 Å². The standard InChI is InChI=1S/C26H23N3O5/c1-32-21-13-11-20(12-14-21)28-26(31)19(16-27)15-18-7-3-5-9-23(18)34-17-25(30)29-22-8-4-6-10-24(22)33-2/h3-15H,17H2,1-2H3,(H,28,31)(H,29,30). The van der Waals surface area contributed by atoms with E-state index >= 15 is 0 Å². The molecule has 8 nitrogen and oxygen atoms in total. The maximum absolute atomic E-state index is 12.6. The molecule has 0 aliphatic heterocycles. The van der Waals surface area contributed by atoms with Crippen molar-refractivity contribution in [2.45, 2.75) is 0 Å².